The van der Waals surface area contributed by atoms with E-state index >= 15 is 0 Å². The van der Waals surface area contributed by atoms with Crippen molar-refractivity contribution in [3.05, 3.63) is 33.3 Å². The van der Waals surface area contributed by atoms with E-state index in [1.807, 2.05) is 23.6 Å². The van der Waals surface area contributed by atoms with Crippen molar-refractivity contribution in [1.29, 1.82) is 0 Å². The third-order valence-electron chi connectivity index (χ3n) is 1.58. The monoisotopic (exact) mass is 334 g/mol. The van der Waals surface area contributed by atoms with Crippen molar-refractivity contribution >= 4 is 51.4 Å². The summed E-state index contributed by atoms with van der Waals surface area (Å²) in [6.07, 6.45) is 1.80. The molecule has 0 aliphatic heterocycles. The first kappa shape index (κ1) is 10.3. The lowest BCUT2D eigenvalue weighted by atomic mass is 10.3. The van der Waals surface area contributed by atoms with Gasteiger partial charge >= 0.3 is 0 Å². The van der Waals surface area contributed by atoms with Crippen LogP contribution in [0.15, 0.2) is 39.0 Å². The van der Waals surface area contributed by atoms with Gasteiger partial charge in [0.05, 0.1) is 0 Å². The lowest BCUT2D eigenvalue weighted by molar-refractivity contribution is 1.25. The van der Waals surface area contributed by atoms with E-state index in [9.17, 15) is 0 Å². The highest BCUT2D eigenvalue weighted by molar-refractivity contribution is 14.1. The van der Waals surface area contributed by atoms with Crippen molar-refractivity contribution in [2.75, 3.05) is 5.73 Å². The summed E-state index contributed by atoms with van der Waals surface area (Å²) in [4.78, 5) is 5.27. The number of hydrogen-bond donors (Lipinski definition) is 1. The molecule has 1 aromatic carbocycles. The minimum Gasteiger partial charge on any atom is -0.398 e. The van der Waals surface area contributed by atoms with Crippen LogP contribution in [0, 0.1) is 3.57 Å². The highest BCUT2D eigenvalue weighted by atomic mass is 127. The molecule has 2 aromatic rings. The maximum absolute atomic E-state index is 5.89. The number of nitrogens with zero attached hydrogens (tertiary/aromatic N) is 1. The SMILES string of the molecule is Nc1cc(I)ccc1Sc1nccs1. The molecule has 0 spiro atoms. The molecule has 0 amide bonds. The van der Waals surface area contributed by atoms with E-state index in [-0.39, 0.29) is 0 Å². The van der Waals surface area contributed by atoms with E-state index in [1.54, 1.807) is 29.3 Å². The van der Waals surface area contributed by atoms with Gasteiger partial charge in [-0.2, -0.15) is 0 Å². The number of thiazole rings is 1. The second-order valence-corrected chi connectivity index (χ2v) is 6.01. The molecule has 2 rings (SSSR count). The van der Waals surface area contributed by atoms with Gasteiger partial charge in [0.2, 0.25) is 0 Å². The normalized spacial score (nSPS) is 10.4. The van der Waals surface area contributed by atoms with E-state index in [0.29, 0.717) is 0 Å². The van der Waals surface area contributed by atoms with Crippen molar-refractivity contribution in [3.63, 3.8) is 0 Å². The number of nitrogen functional groups attached to an aromatic ring is 1. The topological polar surface area (TPSA) is 38.9 Å². The Morgan fingerprint density at radius 1 is 1.43 bits per heavy atom. The average Bonchev–Trinajstić information content (AvgIpc) is 2.62. The first-order valence-corrected chi connectivity index (χ1v) is 6.65. The van der Waals surface area contributed by atoms with Crippen LogP contribution < -0.4 is 5.73 Å². The molecule has 0 unspecified atom stereocenters. The molecule has 72 valence electrons. The fourth-order valence-corrected chi connectivity index (χ4v) is 3.09. The summed E-state index contributed by atoms with van der Waals surface area (Å²) < 4.78 is 2.18. The highest BCUT2D eigenvalue weighted by Gasteiger charge is 2.03. The minimum absolute atomic E-state index is 0.817. The molecule has 2 N–H and O–H groups in total. The van der Waals surface area contributed by atoms with Crippen molar-refractivity contribution in [3.8, 4) is 0 Å². The van der Waals surface area contributed by atoms with Crippen LogP contribution in [-0.2, 0) is 0 Å². The Bertz CT molecular complexity index is 428. The fraction of sp³-hybridized carbons (Fsp3) is 0. The lowest BCUT2D eigenvalue weighted by Gasteiger charge is -2.02. The molecular weight excluding hydrogens is 327 g/mol. The summed E-state index contributed by atoms with van der Waals surface area (Å²) in [5.41, 5.74) is 6.71. The van der Waals surface area contributed by atoms with Crippen LogP contribution in [0.25, 0.3) is 0 Å². The van der Waals surface area contributed by atoms with Crippen LogP contribution in [0.5, 0.6) is 0 Å². The Labute approximate surface area is 104 Å². The largest absolute Gasteiger partial charge is 0.398 e. The molecule has 5 heteroatoms. The van der Waals surface area contributed by atoms with E-state index in [1.165, 1.54) is 0 Å². The first-order chi connectivity index (χ1) is 6.75. The van der Waals surface area contributed by atoms with Crippen LogP contribution in [0.3, 0.4) is 0 Å². The maximum atomic E-state index is 5.89. The van der Waals surface area contributed by atoms with E-state index in [0.717, 1.165) is 18.5 Å². The van der Waals surface area contributed by atoms with Crippen molar-refractivity contribution < 1.29 is 0 Å². The molecule has 0 aliphatic carbocycles. The number of rotatable bonds is 2. The van der Waals surface area contributed by atoms with Crippen LogP contribution in [0.2, 0.25) is 0 Å². The van der Waals surface area contributed by atoms with Gasteiger partial charge in [-0.15, -0.1) is 11.3 Å². The smallest absolute Gasteiger partial charge is 0.154 e. The zero-order valence-electron chi connectivity index (χ0n) is 7.11. The second kappa shape index (κ2) is 4.50. The minimum atomic E-state index is 0.817. The Morgan fingerprint density at radius 3 is 2.93 bits per heavy atom. The molecule has 0 radical (unpaired) electrons. The predicted octanol–water partition coefficient (Wildman–Crippen LogP) is 3.48. The molecule has 2 nitrogen and oxygen atoms in total. The summed E-state index contributed by atoms with van der Waals surface area (Å²) in [6, 6.07) is 6.05. The van der Waals surface area contributed by atoms with Crippen molar-refractivity contribution in [2.24, 2.45) is 0 Å². The van der Waals surface area contributed by atoms with E-state index in [2.05, 4.69) is 27.6 Å². The predicted molar refractivity (Wildman–Crippen MR) is 69.8 cm³/mol. The van der Waals surface area contributed by atoms with Crippen molar-refractivity contribution in [1.82, 2.24) is 4.98 Å². The highest BCUT2D eigenvalue weighted by Crippen LogP contribution is 2.33. The zero-order valence-corrected chi connectivity index (χ0v) is 10.9. The quantitative estimate of drug-likeness (QED) is 0.675. The van der Waals surface area contributed by atoms with Gasteiger partial charge in [-0.25, -0.2) is 4.98 Å². The molecule has 0 fully saturated rings. The Kier molecular flexibility index (Phi) is 3.30. The fourth-order valence-electron chi connectivity index (χ4n) is 0.967. The summed E-state index contributed by atoms with van der Waals surface area (Å²) in [5, 5.41) is 1.96. The van der Waals surface area contributed by atoms with Gasteiger partial charge in [-0.1, -0.05) is 11.8 Å². The summed E-state index contributed by atoms with van der Waals surface area (Å²) in [6.45, 7) is 0. The number of benzene rings is 1. The first-order valence-electron chi connectivity index (χ1n) is 3.88. The van der Waals surface area contributed by atoms with Crippen LogP contribution >= 0.6 is 45.7 Å². The number of nitrogens with two attached hydrogens (primary N) is 1. The van der Waals surface area contributed by atoms with Crippen molar-refractivity contribution in [2.45, 2.75) is 9.24 Å². The number of halogens is 1. The lowest BCUT2D eigenvalue weighted by Crippen LogP contribution is -1.88. The molecule has 0 saturated carbocycles. The molecule has 0 aliphatic rings. The zero-order chi connectivity index (χ0) is 9.97. The van der Waals surface area contributed by atoms with Crippen LogP contribution in [-0.4, -0.2) is 4.98 Å². The van der Waals surface area contributed by atoms with Gasteiger partial charge in [0.25, 0.3) is 0 Å². The van der Waals surface area contributed by atoms with Crippen LogP contribution in [0.4, 0.5) is 5.69 Å². The molecular formula is C9H7IN2S2. The Hall–Kier alpha value is -0.270. The Balaban J connectivity index is 2.25. The molecule has 0 bridgehead atoms. The van der Waals surface area contributed by atoms with Gasteiger partial charge in [-0.3, -0.25) is 0 Å². The van der Waals surface area contributed by atoms with Gasteiger partial charge in [0, 0.05) is 25.7 Å². The van der Waals surface area contributed by atoms with Gasteiger partial charge in [0.15, 0.2) is 4.34 Å². The van der Waals surface area contributed by atoms with Gasteiger partial charge in [0.1, 0.15) is 0 Å². The summed E-state index contributed by atoms with van der Waals surface area (Å²) in [7, 11) is 0. The summed E-state index contributed by atoms with van der Waals surface area (Å²) >= 11 is 5.48. The molecule has 0 atom stereocenters. The van der Waals surface area contributed by atoms with Crippen LogP contribution in [0.1, 0.15) is 0 Å². The van der Waals surface area contributed by atoms with Gasteiger partial charge < -0.3 is 5.73 Å². The third kappa shape index (κ3) is 2.40. The molecule has 1 aromatic heterocycles. The average molecular weight is 334 g/mol. The molecule has 0 saturated heterocycles. The maximum Gasteiger partial charge on any atom is 0.154 e. The molecule has 1 heterocycles. The number of hydrogen-bond acceptors (Lipinski definition) is 4. The third-order valence-corrected chi connectivity index (χ3v) is 4.22. The Morgan fingerprint density at radius 2 is 2.29 bits per heavy atom. The van der Waals surface area contributed by atoms with Gasteiger partial charge in [-0.05, 0) is 40.8 Å². The van der Waals surface area contributed by atoms with E-state index in [4.69, 9.17) is 5.73 Å². The molecule has 14 heavy (non-hydrogen) atoms. The standard InChI is InChI=1S/C9H7IN2S2/c10-6-1-2-8(7(11)5-6)14-9-12-3-4-13-9/h1-5H,11H2. The number of anilines is 1. The van der Waals surface area contributed by atoms with E-state index < -0.39 is 0 Å². The summed E-state index contributed by atoms with van der Waals surface area (Å²) in [5.74, 6) is 0. The number of aromatic nitrogens is 1. The second-order valence-electron chi connectivity index (χ2n) is 2.58.